The molecule has 2 rings (SSSR count). The molecule has 0 bridgehead atoms. The molecule has 0 radical (unpaired) electrons. The molecule has 1 N–H and O–H groups in total. The molecule has 0 aliphatic heterocycles. The number of aliphatic carboxylic acids is 1. The molecule has 0 heterocycles. The molecule has 2 atom stereocenters. The molecule has 1 aromatic carbocycles. The Labute approximate surface area is 105 Å². The molecule has 92 valence electrons. The standard InChI is InChI=1S/C13H16O3S/c1-16-10-6-2-3-7-12(10)17-11-8-4-5-9(11)13(14)15/h2-3,6-7,9,11H,4-5,8H2,1H3,(H,14,15). The van der Waals surface area contributed by atoms with Crippen LogP contribution in [-0.2, 0) is 4.79 Å². The maximum Gasteiger partial charge on any atom is 0.307 e. The minimum absolute atomic E-state index is 0.170. The van der Waals surface area contributed by atoms with Gasteiger partial charge in [0, 0.05) is 10.1 Å². The minimum Gasteiger partial charge on any atom is -0.496 e. The highest BCUT2D eigenvalue weighted by Gasteiger charge is 2.33. The molecular formula is C13H16O3S. The summed E-state index contributed by atoms with van der Waals surface area (Å²) >= 11 is 1.63. The summed E-state index contributed by atoms with van der Waals surface area (Å²) in [5, 5.41) is 9.31. The van der Waals surface area contributed by atoms with Crippen molar-refractivity contribution >= 4 is 17.7 Å². The summed E-state index contributed by atoms with van der Waals surface area (Å²) in [5.41, 5.74) is 0. The predicted octanol–water partition coefficient (Wildman–Crippen LogP) is 3.04. The lowest BCUT2D eigenvalue weighted by Gasteiger charge is -2.16. The first-order valence-corrected chi connectivity index (χ1v) is 6.63. The summed E-state index contributed by atoms with van der Waals surface area (Å²) in [6.07, 6.45) is 2.77. The van der Waals surface area contributed by atoms with Crippen molar-refractivity contribution < 1.29 is 14.6 Å². The molecule has 1 saturated carbocycles. The van der Waals surface area contributed by atoms with Gasteiger partial charge in [0.25, 0.3) is 0 Å². The summed E-state index contributed by atoms with van der Waals surface area (Å²) in [6.45, 7) is 0. The third-order valence-corrected chi connectivity index (χ3v) is 4.58. The SMILES string of the molecule is COc1ccccc1SC1CCCC1C(=O)O. The van der Waals surface area contributed by atoms with Crippen molar-refractivity contribution in [3.8, 4) is 5.75 Å². The van der Waals surface area contributed by atoms with Gasteiger partial charge >= 0.3 is 5.97 Å². The van der Waals surface area contributed by atoms with Crippen molar-refractivity contribution in [3.63, 3.8) is 0 Å². The van der Waals surface area contributed by atoms with Gasteiger partial charge in [0.05, 0.1) is 13.0 Å². The van der Waals surface area contributed by atoms with Crippen LogP contribution in [0.5, 0.6) is 5.75 Å². The Morgan fingerprint density at radius 2 is 2.18 bits per heavy atom. The van der Waals surface area contributed by atoms with Gasteiger partial charge in [-0.25, -0.2) is 0 Å². The molecule has 4 heteroatoms. The third-order valence-electron chi connectivity index (χ3n) is 3.12. The molecule has 17 heavy (non-hydrogen) atoms. The van der Waals surface area contributed by atoms with E-state index in [1.807, 2.05) is 24.3 Å². The van der Waals surface area contributed by atoms with Gasteiger partial charge in [-0.2, -0.15) is 0 Å². The van der Waals surface area contributed by atoms with E-state index in [1.165, 1.54) is 0 Å². The number of ether oxygens (including phenoxy) is 1. The number of methoxy groups -OCH3 is 1. The lowest BCUT2D eigenvalue weighted by molar-refractivity contribution is -0.141. The number of benzene rings is 1. The van der Waals surface area contributed by atoms with E-state index in [0.717, 1.165) is 29.9 Å². The van der Waals surface area contributed by atoms with Crippen molar-refractivity contribution in [2.75, 3.05) is 7.11 Å². The molecule has 1 fully saturated rings. The van der Waals surface area contributed by atoms with Gasteiger partial charge in [-0.3, -0.25) is 4.79 Å². The van der Waals surface area contributed by atoms with E-state index in [9.17, 15) is 4.79 Å². The van der Waals surface area contributed by atoms with Crippen LogP contribution in [0.3, 0.4) is 0 Å². The zero-order valence-corrected chi connectivity index (χ0v) is 10.6. The molecular weight excluding hydrogens is 236 g/mol. The number of rotatable bonds is 4. The van der Waals surface area contributed by atoms with E-state index in [2.05, 4.69) is 0 Å². The fourth-order valence-corrected chi connectivity index (χ4v) is 3.68. The van der Waals surface area contributed by atoms with Crippen LogP contribution < -0.4 is 4.74 Å². The van der Waals surface area contributed by atoms with E-state index < -0.39 is 5.97 Å². The molecule has 1 aromatic rings. The summed E-state index contributed by atoms with van der Waals surface area (Å²) in [5.74, 6) is -0.0617. The largest absolute Gasteiger partial charge is 0.496 e. The maximum atomic E-state index is 11.1. The van der Waals surface area contributed by atoms with Crippen molar-refractivity contribution in [2.45, 2.75) is 29.4 Å². The van der Waals surface area contributed by atoms with E-state index >= 15 is 0 Å². The van der Waals surface area contributed by atoms with Crippen LogP contribution in [0.2, 0.25) is 0 Å². The highest BCUT2D eigenvalue weighted by Crippen LogP contribution is 2.42. The zero-order valence-electron chi connectivity index (χ0n) is 9.76. The van der Waals surface area contributed by atoms with E-state index in [4.69, 9.17) is 9.84 Å². The van der Waals surface area contributed by atoms with Crippen molar-refractivity contribution in [1.29, 1.82) is 0 Å². The fraction of sp³-hybridized carbons (Fsp3) is 0.462. The smallest absolute Gasteiger partial charge is 0.307 e. The highest BCUT2D eigenvalue weighted by molar-refractivity contribution is 8.00. The molecule has 1 aliphatic rings. The predicted molar refractivity (Wildman–Crippen MR) is 67.6 cm³/mol. The molecule has 0 aromatic heterocycles. The molecule has 3 nitrogen and oxygen atoms in total. The number of hydrogen-bond donors (Lipinski definition) is 1. The first kappa shape index (κ1) is 12.3. The third kappa shape index (κ3) is 2.75. The first-order valence-electron chi connectivity index (χ1n) is 5.75. The number of para-hydroxylation sites is 1. The lowest BCUT2D eigenvalue weighted by atomic mass is 10.1. The normalized spacial score (nSPS) is 23.6. The van der Waals surface area contributed by atoms with Crippen molar-refractivity contribution in [3.05, 3.63) is 24.3 Å². The Balaban J connectivity index is 2.12. The van der Waals surface area contributed by atoms with E-state index in [-0.39, 0.29) is 11.2 Å². The summed E-state index contributed by atoms with van der Waals surface area (Å²) in [6, 6.07) is 7.77. The topological polar surface area (TPSA) is 46.5 Å². The highest BCUT2D eigenvalue weighted by atomic mass is 32.2. The van der Waals surface area contributed by atoms with Crippen molar-refractivity contribution in [1.82, 2.24) is 0 Å². The number of carbonyl (C=O) groups is 1. The molecule has 0 saturated heterocycles. The quantitative estimate of drug-likeness (QED) is 0.894. The van der Waals surface area contributed by atoms with Gasteiger partial charge in [-0.1, -0.05) is 18.6 Å². The second kappa shape index (κ2) is 5.45. The fourth-order valence-electron chi connectivity index (χ4n) is 2.23. The number of carboxylic acid groups (broad SMARTS) is 1. The monoisotopic (exact) mass is 252 g/mol. The Morgan fingerprint density at radius 1 is 1.41 bits per heavy atom. The molecule has 1 aliphatic carbocycles. The average Bonchev–Trinajstić information content (AvgIpc) is 2.78. The van der Waals surface area contributed by atoms with Crippen LogP contribution in [0, 0.1) is 5.92 Å². The van der Waals surface area contributed by atoms with Gasteiger partial charge in [-0.15, -0.1) is 11.8 Å². The molecule has 0 spiro atoms. The van der Waals surface area contributed by atoms with E-state index in [1.54, 1.807) is 18.9 Å². The van der Waals surface area contributed by atoms with Gasteiger partial charge in [0.1, 0.15) is 5.75 Å². The Bertz CT molecular complexity index is 405. The Hall–Kier alpha value is -1.16. The van der Waals surface area contributed by atoms with Crippen LogP contribution in [-0.4, -0.2) is 23.4 Å². The number of hydrogen-bond acceptors (Lipinski definition) is 3. The number of carboxylic acids is 1. The Kier molecular flexibility index (Phi) is 3.94. The summed E-state index contributed by atoms with van der Waals surface area (Å²) in [4.78, 5) is 12.1. The van der Waals surface area contributed by atoms with Crippen LogP contribution in [0.4, 0.5) is 0 Å². The molecule has 2 unspecified atom stereocenters. The second-order valence-electron chi connectivity index (χ2n) is 4.18. The summed E-state index contributed by atoms with van der Waals surface area (Å²) < 4.78 is 5.28. The van der Waals surface area contributed by atoms with Gasteiger partial charge in [0.15, 0.2) is 0 Å². The second-order valence-corrected chi connectivity index (χ2v) is 5.46. The maximum absolute atomic E-state index is 11.1. The molecule has 0 amide bonds. The van der Waals surface area contributed by atoms with Crippen LogP contribution in [0.15, 0.2) is 29.2 Å². The van der Waals surface area contributed by atoms with Crippen LogP contribution in [0.1, 0.15) is 19.3 Å². The lowest BCUT2D eigenvalue weighted by Crippen LogP contribution is -2.19. The van der Waals surface area contributed by atoms with Crippen molar-refractivity contribution in [2.24, 2.45) is 5.92 Å². The minimum atomic E-state index is -0.671. The van der Waals surface area contributed by atoms with Gasteiger partial charge in [-0.05, 0) is 25.0 Å². The van der Waals surface area contributed by atoms with Gasteiger partial charge in [0.2, 0.25) is 0 Å². The number of thioether (sulfide) groups is 1. The average molecular weight is 252 g/mol. The van der Waals surface area contributed by atoms with Gasteiger partial charge < -0.3 is 9.84 Å². The van der Waals surface area contributed by atoms with E-state index in [0.29, 0.717) is 0 Å². The zero-order chi connectivity index (χ0) is 12.3. The first-order chi connectivity index (χ1) is 8.22. The summed E-state index contributed by atoms with van der Waals surface area (Å²) in [7, 11) is 1.64. The van der Waals surface area contributed by atoms with Crippen LogP contribution >= 0.6 is 11.8 Å². The Morgan fingerprint density at radius 3 is 2.88 bits per heavy atom. The van der Waals surface area contributed by atoms with Crippen LogP contribution in [0.25, 0.3) is 0 Å².